The number of amides is 4. The van der Waals surface area contributed by atoms with E-state index in [9.17, 15) is 14.4 Å². The van der Waals surface area contributed by atoms with Crippen molar-refractivity contribution in [2.24, 2.45) is 0 Å². The van der Waals surface area contributed by atoms with Gasteiger partial charge < -0.3 is 20.4 Å². The summed E-state index contributed by atoms with van der Waals surface area (Å²) in [6.45, 7) is 9.01. The Hall–Kier alpha value is -3.87. The molecule has 2 heterocycles. The van der Waals surface area contributed by atoms with Crippen LogP contribution in [0.1, 0.15) is 36.8 Å². The molecule has 0 spiro atoms. The maximum absolute atomic E-state index is 13.4. The van der Waals surface area contributed by atoms with Crippen LogP contribution in [0.25, 0.3) is 0 Å². The van der Waals surface area contributed by atoms with Gasteiger partial charge in [0.2, 0.25) is 11.8 Å². The van der Waals surface area contributed by atoms with Gasteiger partial charge in [-0.1, -0.05) is 72.8 Å². The molecule has 188 valence electrons. The molecule has 2 unspecified atom stereocenters. The summed E-state index contributed by atoms with van der Waals surface area (Å²) in [7, 11) is 0. The molecule has 2 fully saturated rings. The first-order chi connectivity index (χ1) is 17.5. The minimum Gasteiger partial charge on any atom is -0.324 e. The summed E-state index contributed by atoms with van der Waals surface area (Å²) < 4.78 is 0. The third kappa shape index (κ3) is 4.65. The minimum atomic E-state index is -0.644. The molecule has 0 bridgehead atoms. The summed E-state index contributed by atoms with van der Waals surface area (Å²) in [6.07, 6.45) is 5.98. The van der Waals surface area contributed by atoms with Crippen molar-refractivity contribution in [1.29, 1.82) is 0 Å². The number of carbonyl (C=O) groups is 3. The molecule has 2 saturated heterocycles. The van der Waals surface area contributed by atoms with E-state index in [2.05, 4.69) is 23.8 Å². The molecule has 4 amide bonds. The molecule has 2 atom stereocenters. The Morgan fingerprint density at radius 2 is 1.14 bits per heavy atom. The van der Waals surface area contributed by atoms with E-state index < -0.39 is 16.9 Å². The Kier molecular flexibility index (Phi) is 7.58. The summed E-state index contributed by atoms with van der Waals surface area (Å²) in [5.41, 5.74) is 0.649. The van der Waals surface area contributed by atoms with E-state index in [0.29, 0.717) is 38.8 Å². The number of hydrogen-bond donors (Lipinski definition) is 2. The van der Waals surface area contributed by atoms with Crippen molar-refractivity contribution in [2.75, 3.05) is 26.4 Å². The van der Waals surface area contributed by atoms with Crippen molar-refractivity contribution in [3.63, 3.8) is 0 Å². The molecule has 4 rings (SSSR count). The van der Waals surface area contributed by atoms with E-state index in [1.165, 1.54) is 0 Å². The smallest absolute Gasteiger partial charge is 0.317 e. The Morgan fingerprint density at radius 1 is 0.750 bits per heavy atom. The van der Waals surface area contributed by atoms with Crippen LogP contribution in [0.2, 0.25) is 0 Å². The maximum atomic E-state index is 13.4. The highest BCUT2D eigenvalue weighted by molar-refractivity contribution is 5.92. The third-order valence-corrected chi connectivity index (χ3v) is 7.51. The van der Waals surface area contributed by atoms with Crippen LogP contribution in [0.15, 0.2) is 86.0 Å². The molecule has 2 aliphatic heterocycles. The molecular weight excluding hydrogens is 452 g/mol. The molecule has 0 radical (unpaired) electrons. The first kappa shape index (κ1) is 25.2. The maximum Gasteiger partial charge on any atom is 0.317 e. The highest BCUT2D eigenvalue weighted by Crippen LogP contribution is 2.40. The molecule has 0 aromatic heterocycles. The average Bonchev–Trinajstić information content (AvgIpc) is 3.40. The number of carbonyl (C=O) groups excluding carboxylic acids is 3. The molecule has 0 saturated carbocycles. The van der Waals surface area contributed by atoms with Crippen LogP contribution in [0, 0.1) is 0 Å². The van der Waals surface area contributed by atoms with Crippen LogP contribution in [0.4, 0.5) is 4.79 Å². The standard InChI is InChI=1S/C29H34N4O3/c1-3-15-28(23-11-7-5-8-12-23)17-19-32(25(28)34)21-30-27(36)31-22-33-20-18-29(16-4-2,26(33)35)24-13-9-6-10-14-24/h3-14H,1-2,15-22H2,(H2,30,31,36). The van der Waals surface area contributed by atoms with Crippen molar-refractivity contribution >= 4 is 17.8 Å². The lowest BCUT2D eigenvalue weighted by molar-refractivity contribution is -0.133. The van der Waals surface area contributed by atoms with Crippen molar-refractivity contribution in [1.82, 2.24) is 20.4 Å². The zero-order valence-corrected chi connectivity index (χ0v) is 20.6. The normalized spacial score (nSPS) is 23.6. The van der Waals surface area contributed by atoms with Gasteiger partial charge in [0.15, 0.2) is 0 Å². The van der Waals surface area contributed by atoms with Gasteiger partial charge in [0.05, 0.1) is 24.2 Å². The fraction of sp³-hybridized carbons (Fsp3) is 0.345. The predicted octanol–water partition coefficient (Wildman–Crippen LogP) is 3.69. The van der Waals surface area contributed by atoms with Crippen LogP contribution in [-0.2, 0) is 20.4 Å². The van der Waals surface area contributed by atoms with E-state index in [4.69, 9.17) is 0 Å². The van der Waals surface area contributed by atoms with Crippen LogP contribution in [0.5, 0.6) is 0 Å². The monoisotopic (exact) mass is 486 g/mol. The van der Waals surface area contributed by atoms with Crippen LogP contribution >= 0.6 is 0 Å². The highest BCUT2D eigenvalue weighted by atomic mass is 16.2. The van der Waals surface area contributed by atoms with Crippen molar-refractivity contribution < 1.29 is 14.4 Å². The van der Waals surface area contributed by atoms with Gasteiger partial charge in [-0.15, -0.1) is 13.2 Å². The Morgan fingerprint density at radius 3 is 1.50 bits per heavy atom. The number of rotatable bonds is 10. The van der Waals surface area contributed by atoms with E-state index in [1.54, 1.807) is 22.0 Å². The Balaban J connectivity index is 1.32. The van der Waals surface area contributed by atoms with Gasteiger partial charge in [-0.25, -0.2) is 4.79 Å². The topological polar surface area (TPSA) is 81.8 Å². The first-order valence-corrected chi connectivity index (χ1v) is 12.4. The number of likely N-dealkylation sites (tertiary alicyclic amines) is 2. The van der Waals surface area contributed by atoms with Crippen molar-refractivity contribution in [3.8, 4) is 0 Å². The van der Waals surface area contributed by atoms with Gasteiger partial charge in [-0.2, -0.15) is 0 Å². The minimum absolute atomic E-state index is 0.0132. The number of benzene rings is 2. The second-order valence-electron chi connectivity index (χ2n) is 9.52. The number of allylic oxidation sites excluding steroid dienone is 2. The summed E-state index contributed by atoms with van der Waals surface area (Å²) in [5.74, 6) is -0.0265. The third-order valence-electron chi connectivity index (χ3n) is 7.51. The van der Waals surface area contributed by atoms with E-state index >= 15 is 0 Å². The highest BCUT2D eigenvalue weighted by Gasteiger charge is 2.48. The Bertz CT molecular complexity index is 1030. The lowest BCUT2D eigenvalue weighted by Gasteiger charge is -2.28. The van der Waals surface area contributed by atoms with E-state index in [-0.39, 0.29) is 25.2 Å². The molecule has 7 nitrogen and oxygen atoms in total. The molecular formula is C29H34N4O3. The number of urea groups is 1. The SMILES string of the molecule is C=CCC1(c2ccccc2)CCN(CNC(=O)NCN2CCC(CC=C)(c3ccccc3)C2=O)C1=O. The fourth-order valence-electron chi connectivity index (χ4n) is 5.53. The van der Waals surface area contributed by atoms with Gasteiger partial charge in [0.1, 0.15) is 0 Å². The summed E-state index contributed by atoms with van der Waals surface area (Å²) in [6, 6.07) is 19.1. The van der Waals surface area contributed by atoms with Gasteiger partial charge in [0, 0.05) is 13.1 Å². The molecule has 2 aliphatic rings. The molecule has 36 heavy (non-hydrogen) atoms. The number of nitrogens with zero attached hydrogens (tertiary/aromatic N) is 2. The van der Waals surface area contributed by atoms with Gasteiger partial charge >= 0.3 is 6.03 Å². The molecule has 2 aromatic carbocycles. The quantitative estimate of drug-likeness (QED) is 0.503. The molecule has 2 N–H and O–H groups in total. The number of nitrogens with one attached hydrogen (secondary N) is 2. The zero-order valence-electron chi connectivity index (χ0n) is 20.6. The number of hydrogen-bond acceptors (Lipinski definition) is 3. The average molecular weight is 487 g/mol. The van der Waals surface area contributed by atoms with E-state index in [0.717, 1.165) is 11.1 Å². The Labute approximate surface area is 212 Å². The van der Waals surface area contributed by atoms with Crippen LogP contribution in [-0.4, -0.2) is 54.1 Å². The van der Waals surface area contributed by atoms with Gasteiger partial charge in [0.25, 0.3) is 0 Å². The zero-order chi connectivity index (χ0) is 25.6. The molecule has 7 heteroatoms. The lowest BCUT2D eigenvalue weighted by Crippen LogP contribution is -2.49. The summed E-state index contributed by atoms with van der Waals surface area (Å²) >= 11 is 0. The van der Waals surface area contributed by atoms with Crippen LogP contribution in [0.3, 0.4) is 0 Å². The van der Waals surface area contributed by atoms with Gasteiger partial charge in [-0.05, 0) is 36.8 Å². The second kappa shape index (κ2) is 10.8. The van der Waals surface area contributed by atoms with Gasteiger partial charge in [-0.3, -0.25) is 9.59 Å². The van der Waals surface area contributed by atoms with Crippen molar-refractivity contribution in [2.45, 2.75) is 36.5 Å². The largest absolute Gasteiger partial charge is 0.324 e. The van der Waals surface area contributed by atoms with Crippen LogP contribution < -0.4 is 10.6 Å². The van der Waals surface area contributed by atoms with Crippen molar-refractivity contribution in [3.05, 3.63) is 97.1 Å². The lowest BCUT2D eigenvalue weighted by atomic mass is 9.76. The van der Waals surface area contributed by atoms with E-state index in [1.807, 2.05) is 60.7 Å². The predicted molar refractivity (Wildman–Crippen MR) is 140 cm³/mol. The molecule has 0 aliphatic carbocycles. The summed E-state index contributed by atoms with van der Waals surface area (Å²) in [5, 5.41) is 5.56. The summed E-state index contributed by atoms with van der Waals surface area (Å²) in [4.78, 5) is 42.6. The fourth-order valence-corrected chi connectivity index (χ4v) is 5.53. The first-order valence-electron chi connectivity index (χ1n) is 12.4. The molecule has 2 aromatic rings. The second-order valence-corrected chi connectivity index (χ2v) is 9.52.